The number of rotatable bonds is 6. The molecule has 0 radical (unpaired) electrons. The molecule has 1 heterocycles. The molecule has 150 valence electrons. The minimum absolute atomic E-state index is 0.356. The molecule has 3 rings (SSSR count). The number of hydrogen-bond donors (Lipinski definition) is 1. The number of anilines is 1. The summed E-state index contributed by atoms with van der Waals surface area (Å²) in [5.41, 5.74) is 1.14. The SMILES string of the molecule is COC(=O)c1ccc(Oc2ccc(NCc3ccc(C(F)(F)F)cc3)cn2)cc1. The fourth-order valence-electron chi connectivity index (χ4n) is 2.46. The lowest BCUT2D eigenvalue weighted by Crippen LogP contribution is -2.05. The largest absolute Gasteiger partial charge is 0.465 e. The molecule has 0 fully saturated rings. The molecule has 0 amide bonds. The standard InChI is InChI=1S/C21H17F3N2O3/c1-28-20(27)15-4-9-18(10-5-15)29-19-11-8-17(13-26-19)25-12-14-2-6-16(7-3-14)21(22,23)24/h2-11,13,25H,12H2,1H3. The van der Waals surface area contributed by atoms with Crippen LogP contribution in [0.3, 0.4) is 0 Å². The Bertz CT molecular complexity index is 954. The third-order valence-electron chi connectivity index (χ3n) is 4.01. The van der Waals surface area contributed by atoms with Gasteiger partial charge in [0, 0.05) is 12.6 Å². The first-order valence-electron chi connectivity index (χ1n) is 8.57. The summed E-state index contributed by atoms with van der Waals surface area (Å²) in [6.45, 7) is 0.356. The van der Waals surface area contributed by atoms with E-state index >= 15 is 0 Å². The lowest BCUT2D eigenvalue weighted by molar-refractivity contribution is -0.137. The van der Waals surface area contributed by atoms with Crippen molar-refractivity contribution < 1.29 is 27.4 Å². The number of esters is 1. The number of benzene rings is 2. The highest BCUT2D eigenvalue weighted by molar-refractivity contribution is 5.89. The fourth-order valence-corrected chi connectivity index (χ4v) is 2.46. The molecule has 2 aromatic carbocycles. The van der Waals surface area contributed by atoms with Crippen molar-refractivity contribution in [3.63, 3.8) is 0 Å². The van der Waals surface area contributed by atoms with Gasteiger partial charge in [-0.3, -0.25) is 0 Å². The normalized spacial score (nSPS) is 11.0. The van der Waals surface area contributed by atoms with Gasteiger partial charge in [0.2, 0.25) is 5.88 Å². The lowest BCUT2D eigenvalue weighted by atomic mass is 10.1. The van der Waals surface area contributed by atoms with Gasteiger partial charge in [-0.05, 0) is 48.0 Å². The molecule has 8 heteroatoms. The molecule has 29 heavy (non-hydrogen) atoms. The van der Waals surface area contributed by atoms with E-state index in [4.69, 9.17) is 4.74 Å². The summed E-state index contributed by atoms with van der Waals surface area (Å²) in [7, 11) is 1.31. The maximum absolute atomic E-state index is 12.6. The van der Waals surface area contributed by atoms with Crippen molar-refractivity contribution in [3.05, 3.63) is 83.6 Å². The van der Waals surface area contributed by atoms with Crippen LogP contribution in [0.4, 0.5) is 18.9 Å². The lowest BCUT2D eigenvalue weighted by Gasteiger charge is -2.10. The van der Waals surface area contributed by atoms with Gasteiger partial charge in [-0.2, -0.15) is 13.2 Å². The van der Waals surface area contributed by atoms with Gasteiger partial charge < -0.3 is 14.8 Å². The van der Waals surface area contributed by atoms with E-state index < -0.39 is 17.7 Å². The predicted molar refractivity (Wildman–Crippen MR) is 101 cm³/mol. The van der Waals surface area contributed by atoms with Crippen LogP contribution < -0.4 is 10.1 Å². The van der Waals surface area contributed by atoms with Crippen LogP contribution in [0.25, 0.3) is 0 Å². The number of carbonyl (C=O) groups is 1. The van der Waals surface area contributed by atoms with Crippen LogP contribution in [0.2, 0.25) is 0 Å². The molecule has 3 aromatic rings. The molecule has 1 N–H and O–H groups in total. The smallest absolute Gasteiger partial charge is 0.416 e. The summed E-state index contributed by atoms with van der Waals surface area (Å²) >= 11 is 0. The minimum Gasteiger partial charge on any atom is -0.465 e. The molecule has 1 aromatic heterocycles. The van der Waals surface area contributed by atoms with Crippen molar-refractivity contribution in [2.24, 2.45) is 0 Å². The maximum Gasteiger partial charge on any atom is 0.416 e. The van der Waals surface area contributed by atoms with E-state index in [-0.39, 0.29) is 0 Å². The number of nitrogens with one attached hydrogen (secondary N) is 1. The second-order valence-corrected chi connectivity index (χ2v) is 6.05. The molecular weight excluding hydrogens is 385 g/mol. The van der Waals surface area contributed by atoms with Crippen molar-refractivity contribution in [1.82, 2.24) is 4.98 Å². The summed E-state index contributed by atoms with van der Waals surface area (Å²) in [4.78, 5) is 15.6. The van der Waals surface area contributed by atoms with Crippen LogP contribution in [-0.2, 0) is 17.5 Å². The van der Waals surface area contributed by atoms with Gasteiger partial charge in [-0.25, -0.2) is 9.78 Å². The third kappa shape index (κ3) is 5.47. The van der Waals surface area contributed by atoms with Crippen molar-refractivity contribution in [3.8, 4) is 11.6 Å². The Morgan fingerprint density at radius 3 is 2.24 bits per heavy atom. The van der Waals surface area contributed by atoms with E-state index in [1.54, 1.807) is 42.6 Å². The number of carbonyl (C=O) groups excluding carboxylic acids is 1. The predicted octanol–water partition coefficient (Wildman–Crippen LogP) is 5.29. The van der Waals surface area contributed by atoms with Crippen LogP contribution in [0, 0.1) is 0 Å². The zero-order valence-electron chi connectivity index (χ0n) is 15.4. The van der Waals surface area contributed by atoms with E-state index in [9.17, 15) is 18.0 Å². The molecule has 0 spiro atoms. The fraction of sp³-hybridized carbons (Fsp3) is 0.143. The summed E-state index contributed by atoms with van der Waals surface area (Å²) in [6.07, 6.45) is -2.78. The average Bonchev–Trinajstić information content (AvgIpc) is 2.73. The van der Waals surface area contributed by atoms with Gasteiger partial charge in [0.1, 0.15) is 5.75 Å². The average molecular weight is 402 g/mol. The topological polar surface area (TPSA) is 60.5 Å². The zero-order valence-corrected chi connectivity index (χ0v) is 15.4. The van der Waals surface area contributed by atoms with Gasteiger partial charge >= 0.3 is 12.1 Å². The van der Waals surface area contributed by atoms with Crippen molar-refractivity contribution in [2.75, 3.05) is 12.4 Å². The minimum atomic E-state index is -4.34. The Morgan fingerprint density at radius 2 is 1.69 bits per heavy atom. The summed E-state index contributed by atoms with van der Waals surface area (Å²) in [5, 5.41) is 3.09. The second kappa shape index (κ2) is 8.64. The van der Waals surface area contributed by atoms with Gasteiger partial charge in [-0.15, -0.1) is 0 Å². The Labute approximate surface area is 165 Å². The summed E-state index contributed by atoms with van der Waals surface area (Å²) in [5.74, 6) is 0.435. The Kier molecular flexibility index (Phi) is 6.01. The number of nitrogens with zero attached hydrogens (tertiary/aromatic N) is 1. The molecule has 5 nitrogen and oxygen atoms in total. The summed E-state index contributed by atoms with van der Waals surface area (Å²) < 4.78 is 48.0. The van der Waals surface area contributed by atoms with E-state index in [0.29, 0.717) is 35.0 Å². The Balaban J connectivity index is 1.55. The highest BCUT2D eigenvalue weighted by Crippen LogP contribution is 2.29. The van der Waals surface area contributed by atoms with Crippen molar-refractivity contribution in [2.45, 2.75) is 12.7 Å². The van der Waals surface area contributed by atoms with Crippen LogP contribution in [0.1, 0.15) is 21.5 Å². The zero-order chi connectivity index (χ0) is 20.9. The first-order valence-corrected chi connectivity index (χ1v) is 8.57. The molecule has 0 bridgehead atoms. The van der Waals surface area contributed by atoms with Crippen LogP contribution in [0.15, 0.2) is 66.9 Å². The maximum atomic E-state index is 12.6. The summed E-state index contributed by atoms with van der Waals surface area (Å²) in [6, 6.07) is 14.8. The Morgan fingerprint density at radius 1 is 1.00 bits per heavy atom. The number of methoxy groups -OCH3 is 1. The first kappa shape index (κ1) is 20.2. The van der Waals surface area contributed by atoms with Gasteiger partial charge in [-0.1, -0.05) is 12.1 Å². The molecule has 0 aliphatic heterocycles. The Hall–Kier alpha value is -3.55. The highest BCUT2D eigenvalue weighted by atomic mass is 19.4. The number of aromatic nitrogens is 1. The van der Waals surface area contributed by atoms with E-state index in [2.05, 4.69) is 15.0 Å². The van der Waals surface area contributed by atoms with Gasteiger partial charge in [0.25, 0.3) is 0 Å². The number of hydrogen-bond acceptors (Lipinski definition) is 5. The van der Waals surface area contributed by atoms with Crippen LogP contribution >= 0.6 is 0 Å². The number of ether oxygens (including phenoxy) is 2. The van der Waals surface area contributed by atoms with Crippen LogP contribution in [0.5, 0.6) is 11.6 Å². The second-order valence-electron chi connectivity index (χ2n) is 6.05. The number of alkyl halides is 3. The van der Waals surface area contributed by atoms with Crippen molar-refractivity contribution in [1.29, 1.82) is 0 Å². The van der Waals surface area contributed by atoms with E-state index in [1.807, 2.05) is 0 Å². The molecule has 0 aliphatic rings. The molecule has 0 unspecified atom stereocenters. The van der Waals surface area contributed by atoms with Gasteiger partial charge in [0.15, 0.2) is 0 Å². The van der Waals surface area contributed by atoms with Crippen molar-refractivity contribution >= 4 is 11.7 Å². The van der Waals surface area contributed by atoms with Crippen LogP contribution in [-0.4, -0.2) is 18.1 Å². The number of halogens is 3. The third-order valence-corrected chi connectivity index (χ3v) is 4.01. The van der Waals surface area contributed by atoms with E-state index in [0.717, 1.165) is 12.1 Å². The molecule has 0 atom stereocenters. The highest BCUT2D eigenvalue weighted by Gasteiger charge is 2.29. The first-order chi connectivity index (χ1) is 13.8. The van der Waals surface area contributed by atoms with Gasteiger partial charge in [0.05, 0.1) is 30.1 Å². The molecule has 0 saturated carbocycles. The molecule has 0 aliphatic carbocycles. The molecule has 0 saturated heterocycles. The monoisotopic (exact) mass is 402 g/mol. The van der Waals surface area contributed by atoms with E-state index in [1.165, 1.54) is 19.2 Å². The quantitative estimate of drug-likeness (QED) is 0.568. The number of pyridine rings is 1. The molecular formula is C21H17F3N2O3.